The molecule has 0 radical (unpaired) electrons. The normalized spacial score (nSPS) is 23.6. The van der Waals surface area contributed by atoms with E-state index >= 15 is 0 Å². The molecule has 2 amide bonds. The van der Waals surface area contributed by atoms with Crippen molar-refractivity contribution >= 4 is 28.8 Å². The van der Waals surface area contributed by atoms with Crippen LogP contribution in [0.1, 0.15) is 27.8 Å². The summed E-state index contributed by atoms with van der Waals surface area (Å²) in [6, 6.07) is 21.3. The van der Waals surface area contributed by atoms with Gasteiger partial charge in [0.2, 0.25) is 11.8 Å². The van der Waals surface area contributed by atoms with Crippen molar-refractivity contribution in [3.05, 3.63) is 122 Å². The molecule has 184 valence electrons. The van der Waals surface area contributed by atoms with Crippen LogP contribution in [0.5, 0.6) is 0 Å². The van der Waals surface area contributed by atoms with Gasteiger partial charge in [0.1, 0.15) is 5.69 Å². The van der Waals surface area contributed by atoms with E-state index in [1.165, 1.54) is 12.1 Å². The summed E-state index contributed by atoms with van der Waals surface area (Å²) in [4.78, 5) is 39.9. The smallest absolute Gasteiger partial charge is 0.274 e. The van der Waals surface area contributed by atoms with Crippen LogP contribution in [0, 0.1) is 54.6 Å². The third-order valence-electron chi connectivity index (χ3n) is 7.95. The van der Waals surface area contributed by atoms with Crippen LogP contribution in [-0.4, -0.2) is 16.7 Å². The fourth-order valence-electron chi connectivity index (χ4n) is 6.24. The SMILES string of the molecule is Cc1ccc(C(=C2[C@H]3C=C[C@H]2[C@@H]2C(=O)N(c4ccc(C)cc4[N+](=O)[O-])C(=O)[C@H]23)c2ccc(C)cc2)cc1. The van der Waals surface area contributed by atoms with E-state index in [2.05, 4.69) is 48.5 Å². The number of carbonyl (C=O) groups is 2. The van der Waals surface area contributed by atoms with Gasteiger partial charge in [-0.3, -0.25) is 19.7 Å². The van der Waals surface area contributed by atoms with Crippen LogP contribution in [0.25, 0.3) is 5.57 Å². The molecule has 3 aromatic rings. The number of nitrogens with zero attached hydrogens (tertiary/aromatic N) is 2. The topological polar surface area (TPSA) is 80.5 Å². The first-order valence-corrected chi connectivity index (χ1v) is 12.5. The number of nitro groups is 1. The molecular weight excluding hydrogens is 464 g/mol. The Morgan fingerprint density at radius 3 is 1.65 bits per heavy atom. The van der Waals surface area contributed by atoms with E-state index in [4.69, 9.17) is 0 Å². The molecule has 2 bridgehead atoms. The summed E-state index contributed by atoms with van der Waals surface area (Å²) in [6.07, 6.45) is 4.09. The van der Waals surface area contributed by atoms with Gasteiger partial charge in [-0.15, -0.1) is 0 Å². The van der Waals surface area contributed by atoms with Gasteiger partial charge in [-0.1, -0.05) is 77.9 Å². The van der Waals surface area contributed by atoms with Crippen molar-refractivity contribution in [2.24, 2.45) is 23.7 Å². The van der Waals surface area contributed by atoms with Crippen molar-refractivity contribution < 1.29 is 14.5 Å². The molecule has 4 atom stereocenters. The van der Waals surface area contributed by atoms with Gasteiger partial charge >= 0.3 is 0 Å². The Balaban J connectivity index is 1.49. The molecule has 3 aliphatic rings. The molecule has 6 heteroatoms. The van der Waals surface area contributed by atoms with Gasteiger partial charge in [0.25, 0.3) is 5.69 Å². The van der Waals surface area contributed by atoms with Crippen LogP contribution < -0.4 is 4.90 Å². The number of imide groups is 1. The minimum absolute atomic E-state index is 0.0576. The van der Waals surface area contributed by atoms with Crippen LogP contribution in [0.3, 0.4) is 0 Å². The Kier molecular flexibility index (Phi) is 5.23. The number of aryl methyl sites for hydroxylation is 3. The predicted octanol–water partition coefficient (Wildman–Crippen LogP) is 5.94. The number of amides is 2. The second-order valence-corrected chi connectivity index (χ2v) is 10.3. The largest absolute Gasteiger partial charge is 0.293 e. The minimum atomic E-state index is -0.565. The lowest BCUT2D eigenvalue weighted by atomic mass is 9.85. The molecule has 1 aliphatic heterocycles. The number of nitro benzene ring substituents is 1. The molecule has 2 fully saturated rings. The van der Waals surface area contributed by atoms with Crippen molar-refractivity contribution in [1.29, 1.82) is 0 Å². The maximum Gasteiger partial charge on any atom is 0.293 e. The van der Waals surface area contributed by atoms with Crippen LogP contribution in [-0.2, 0) is 9.59 Å². The number of hydrogen-bond acceptors (Lipinski definition) is 4. The number of allylic oxidation sites excluding steroid dienone is 3. The third kappa shape index (κ3) is 3.47. The highest BCUT2D eigenvalue weighted by atomic mass is 16.6. The Bertz CT molecular complexity index is 1450. The molecular formula is C31H26N2O4. The average Bonchev–Trinajstić information content (AvgIpc) is 3.51. The molecule has 0 unspecified atom stereocenters. The molecule has 0 spiro atoms. The van der Waals surface area contributed by atoms with Gasteiger partial charge in [-0.25, -0.2) is 4.90 Å². The first-order valence-electron chi connectivity index (χ1n) is 12.5. The Morgan fingerprint density at radius 2 is 1.19 bits per heavy atom. The first kappa shape index (κ1) is 23.1. The van der Waals surface area contributed by atoms with E-state index < -0.39 is 16.8 Å². The van der Waals surface area contributed by atoms with Gasteiger partial charge in [0.05, 0.1) is 16.8 Å². The summed E-state index contributed by atoms with van der Waals surface area (Å²) in [5.41, 5.74) is 7.08. The van der Waals surface area contributed by atoms with E-state index in [9.17, 15) is 19.7 Å². The lowest BCUT2D eigenvalue weighted by molar-refractivity contribution is -0.384. The average molecular weight is 491 g/mol. The molecule has 37 heavy (non-hydrogen) atoms. The van der Waals surface area contributed by atoms with Crippen LogP contribution in [0.15, 0.2) is 84.5 Å². The van der Waals surface area contributed by atoms with Gasteiger partial charge in [0, 0.05) is 17.9 Å². The van der Waals surface area contributed by atoms with Gasteiger partial charge in [0.15, 0.2) is 0 Å². The van der Waals surface area contributed by atoms with Crippen molar-refractivity contribution in [3.8, 4) is 0 Å². The van der Waals surface area contributed by atoms with E-state index in [0.717, 1.165) is 38.3 Å². The molecule has 0 N–H and O–H groups in total. The lowest BCUT2D eigenvalue weighted by Gasteiger charge is -2.22. The van der Waals surface area contributed by atoms with Gasteiger partial charge < -0.3 is 0 Å². The lowest BCUT2D eigenvalue weighted by Crippen LogP contribution is -2.33. The molecule has 6 rings (SSSR count). The number of rotatable bonds is 4. The van der Waals surface area contributed by atoms with Gasteiger partial charge in [-0.05, 0) is 54.7 Å². The Labute approximate surface area is 215 Å². The second kappa shape index (κ2) is 8.37. The van der Waals surface area contributed by atoms with Crippen molar-refractivity contribution in [3.63, 3.8) is 0 Å². The maximum atomic E-state index is 13.8. The van der Waals surface area contributed by atoms with Crippen LogP contribution in [0.4, 0.5) is 11.4 Å². The number of anilines is 1. The summed E-state index contributed by atoms with van der Waals surface area (Å²) >= 11 is 0. The molecule has 6 nitrogen and oxygen atoms in total. The highest BCUT2D eigenvalue weighted by Gasteiger charge is 2.63. The van der Waals surface area contributed by atoms with Gasteiger partial charge in [-0.2, -0.15) is 0 Å². The molecule has 1 saturated carbocycles. The standard InChI is InChI=1S/C31H26N2O4/c1-17-4-9-20(10-5-17)26(21-11-6-18(2)7-12-21)27-22-13-14-23(27)29-28(22)30(34)32(31(29)35)24-15-8-19(3)16-25(24)33(36)37/h4-16,22-23,28-29H,1-3H3/t22-,23-,28+,29+/m1/s1. The summed E-state index contributed by atoms with van der Waals surface area (Å²) in [5.74, 6) is -2.32. The van der Waals surface area contributed by atoms with Crippen molar-refractivity contribution in [2.45, 2.75) is 20.8 Å². The number of carbonyl (C=O) groups excluding carboxylic acids is 2. The molecule has 1 heterocycles. The monoisotopic (exact) mass is 490 g/mol. The van der Waals surface area contributed by atoms with E-state index in [0.29, 0.717) is 5.56 Å². The van der Waals surface area contributed by atoms with Crippen LogP contribution in [0.2, 0.25) is 0 Å². The quantitative estimate of drug-likeness (QED) is 0.196. The zero-order chi connectivity index (χ0) is 26.0. The predicted molar refractivity (Wildman–Crippen MR) is 142 cm³/mol. The third-order valence-corrected chi connectivity index (χ3v) is 7.95. The highest BCUT2D eigenvalue weighted by molar-refractivity contribution is 6.24. The summed E-state index contributed by atoms with van der Waals surface area (Å²) in [7, 11) is 0. The fraction of sp³-hybridized carbons (Fsp3) is 0.226. The summed E-state index contributed by atoms with van der Waals surface area (Å²) < 4.78 is 0. The summed E-state index contributed by atoms with van der Waals surface area (Å²) in [6.45, 7) is 5.84. The van der Waals surface area contributed by atoms with Crippen LogP contribution >= 0.6 is 0 Å². The molecule has 3 aromatic carbocycles. The number of benzene rings is 3. The maximum absolute atomic E-state index is 13.8. The fourth-order valence-corrected chi connectivity index (χ4v) is 6.24. The number of fused-ring (bicyclic) bond motifs is 5. The molecule has 0 aromatic heterocycles. The van der Waals surface area contributed by atoms with E-state index in [-0.39, 0.29) is 35.0 Å². The Morgan fingerprint density at radius 1 is 0.730 bits per heavy atom. The van der Waals surface area contributed by atoms with Crippen molar-refractivity contribution in [2.75, 3.05) is 4.90 Å². The molecule has 1 saturated heterocycles. The van der Waals surface area contributed by atoms with Crippen molar-refractivity contribution in [1.82, 2.24) is 0 Å². The first-order chi connectivity index (χ1) is 17.8. The number of hydrogen-bond donors (Lipinski definition) is 0. The molecule has 2 aliphatic carbocycles. The highest BCUT2D eigenvalue weighted by Crippen LogP contribution is 2.59. The van der Waals surface area contributed by atoms with E-state index in [1.54, 1.807) is 13.0 Å². The zero-order valence-corrected chi connectivity index (χ0v) is 20.8. The summed E-state index contributed by atoms with van der Waals surface area (Å²) in [5, 5.41) is 11.8. The van der Waals surface area contributed by atoms with E-state index in [1.807, 2.05) is 26.0 Å². The Hall–Kier alpha value is -4.32. The second-order valence-electron chi connectivity index (χ2n) is 10.3. The zero-order valence-electron chi connectivity index (χ0n) is 20.8. The minimum Gasteiger partial charge on any atom is -0.274 e.